The molecule has 0 fully saturated rings. The molecule has 2 N–H and O–H groups in total. The van der Waals surface area contributed by atoms with Crippen molar-refractivity contribution in [3.63, 3.8) is 0 Å². The highest BCUT2D eigenvalue weighted by Gasteiger charge is 2.16. The van der Waals surface area contributed by atoms with Crippen LogP contribution >= 0.6 is 22.9 Å². The van der Waals surface area contributed by atoms with E-state index in [4.69, 9.17) is 17.3 Å². The lowest BCUT2D eigenvalue weighted by molar-refractivity contribution is 0.601. The fraction of sp³-hybridized carbons (Fsp3) is 0.167. The minimum Gasteiger partial charge on any atom is -0.320 e. The number of halogens is 2. The van der Waals surface area contributed by atoms with Crippen molar-refractivity contribution in [1.29, 1.82) is 0 Å². The van der Waals surface area contributed by atoms with Gasteiger partial charge in [-0.15, -0.1) is 11.3 Å². The molecule has 0 bridgehead atoms. The first-order valence-corrected chi connectivity index (χ1v) is 6.10. The Kier molecular flexibility index (Phi) is 3.28. The van der Waals surface area contributed by atoms with Gasteiger partial charge in [-0.25, -0.2) is 4.39 Å². The van der Waals surface area contributed by atoms with Gasteiger partial charge in [-0.05, 0) is 36.1 Å². The molecule has 84 valence electrons. The summed E-state index contributed by atoms with van der Waals surface area (Å²) in [5.74, 6) is -0.354. The predicted molar refractivity (Wildman–Crippen MR) is 66.5 cm³/mol. The lowest BCUT2D eigenvalue weighted by Crippen LogP contribution is -2.13. The molecule has 16 heavy (non-hydrogen) atoms. The number of aryl methyl sites for hydroxylation is 1. The molecule has 1 unspecified atom stereocenters. The van der Waals surface area contributed by atoms with E-state index in [0.717, 1.165) is 10.4 Å². The van der Waals surface area contributed by atoms with Crippen molar-refractivity contribution in [1.82, 2.24) is 0 Å². The monoisotopic (exact) mass is 255 g/mol. The van der Waals surface area contributed by atoms with E-state index in [9.17, 15) is 4.39 Å². The molecule has 4 heteroatoms. The van der Waals surface area contributed by atoms with Crippen molar-refractivity contribution >= 4 is 22.9 Å². The zero-order valence-electron chi connectivity index (χ0n) is 8.71. The van der Waals surface area contributed by atoms with Crippen LogP contribution < -0.4 is 5.73 Å². The van der Waals surface area contributed by atoms with Gasteiger partial charge in [-0.2, -0.15) is 0 Å². The predicted octanol–water partition coefficient (Wildman–Crippen LogP) is 3.90. The van der Waals surface area contributed by atoms with Gasteiger partial charge >= 0.3 is 0 Å². The third-order valence-electron chi connectivity index (χ3n) is 2.48. The lowest BCUT2D eigenvalue weighted by Gasteiger charge is -2.12. The molecular weight excluding hydrogens is 245 g/mol. The van der Waals surface area contributed by atoms with Crippen molar-refractivity contribution in [2.45, 2.75) is 13.0 Å². The molecular formula is C12H11ClFNS. The molecule has 0 spiro atoms. The van der Waals surface area contributed by atoms with E-state index in [1.165, 1.54) is 6.07 Å². The zero-order valence-corrected chi connectivity index (χ0v) is 10.3. The van der Waals surface area contributed by atoms with E-state index in [2.05, 4.69) is 0 Å². The second-order valence-corrected chi connectivity index (χ2v) is 5.00. The highest BCUT2D eigenvalue weighted by molar-refractivity contribution is 7.10. The minimum atomic E-state index is -0.419. The maximum Gasteiger partial charge on any atom is 0.129 e. The summed E-state index contributed by atoms with van der Waals surface area (Å²) < 4.78 is 13.7. The highest BCUT2D eigenvalue weighted by Crippen LogP contribution is 2.29. The summed E-state index contributed by atoms with van der Waals surface area (Å²) in [5.41, 5.74) is 7.61. The Bertz CT molecular complexity index is 509. The first kappa shape index (κ1) is 11.6. The largest absolute Gasteiger partial charge is 0.320 e. The van der Waals surface area contributed by atoms with Crippen molar-refractivity contribution in [3.05, 3.63) is 56.5 Å². The Balaban J connectivity index is 2.41. The van der Waals surface area contributed by atoms with Crippen LogP contribution in [0.2, 0.25) is 5.02 Å². The van der Waals surface area contributed by atoms with Gasteiger partial charge in [0.05, 0.1) is 6.04 Å². The van der Waals surface area contributed by atoms with E-state index >= 15 is 0 Å². The lowest BCUT2D eigenvalue weighted by atomic mass is 10.0. The Hall–Kier alpha value is -0.900. The summed E-state index contributed by atoms with van der Waals surface area (Å²) in [6.07, 6.45) is 0. The third kappa shape index (κ3) is 2.12. The van der Waals surface area contributed by atoms with Gasteiger partial charge in [-0.3, -0.25) is 0 Å². The third-order valence-corrected chi connectivity index (χ3v) is 3.82. The van der Waals surface area contributed by atoms with Crippen molar-refractivity contribution in [2.75, 3.05) is 0 Å². The Morgan fingerprint density at radius 1 is 1.38 bits per heavy atom. The van der Waals surface area contributed by atoms with E-state index < -0.39 is 6.04 Å². The SMILES string of the molecule is Cc1ccsc1C(N)c1ccc(Cl)cc1F. The van der Waals surface area contributed by atoms with Gasteiger partial charge in [0.1, 0.15) is 5.82 Å². The second kappa shape index (κ2) is 4.53. The van der Waals surface area contributed by atoms with Crippen LogP contribution in [0.4, 0.5) is 4.39 Å². The number of nitrogens with two attached hydrogens (primary N) is 1. The molecule has 1 atom stereocenters. The summed E-state index contributed by atoms with van der Waals surface area (Å²) in [5, 5.41) is 2.34. The Morgan fingerprint density at radius 3 is 2.69 bits per heavy atom. The highest BCUT2D eigenvalue weighted by atomic mass is 35.5. The van der Waals surface area contributed by atoms with Gasteiger partial charge in [0.2, 0.25) is 0 Å². The number of hydrogen-bond donors (Lipinski definition) is 1. The molecule has 0 radical (unpaired) electrons. The maximum absolute atomic E-state index is 13.7. The standard InChI is InChI=1S/C12H11ClFNS/c1-7-4-5-16-12(7)11(15)9-3-2-8(13)6-10(9)14/h2-6,11H,15H2,1H3. The topological polar surface area (TPSA) is 26.0 Å². The number of rotatable bonds is 2. The van der Waals surface area contributed by atoms with Gasteiger partial charge in [0.15, 0.2) is 0 Å². The van der Waals surface area contributed by atoms with Crippen molar-refractivity contribution in [2.24, 2.45) is 5.73 Å². The number of hydrogen-bond acceptors (Lipinski definition) is 2. The van der Waals surface area contributed by atoms with Crippen molar-refractivity contribution < 1.29 is 4.39 Å². The summed E-state index contributed by atoms with van der Waals surface area (Å²) in [4.78, 5) is 0.987. The second-order valence-electron chi connectivity index (χ2n) is 3.61. The summed E-state index contributed by atoms with van der Waals surface area (Å²) in [6.45, 7) is 1.97. The summed E-state index contributed by atoms with van der Waals surface area (Å²) in [6, 6.07) is 6.15. The summed E-state index contributed by atoms with van der Waals surface area (Å²) >= 11 is 7.24. The Labute approximate surface area is 103 Å². The van der Waals surface area contributed by atoms with Crippen LogP contribution in [0.3, 0.4) is 0 Å². The molecule has 0 aliphatic heterocycles. The van der Waals surface area contributed by atoms with Gasteiger partial charge < -0.3 is 5.73 Å². The molecule has 2 aromatic rings. The average Bonchev–Trinajstić information content (AvgIpc) is 2.63. The average molecular weight is 256 g/mol. The van der Waals surface area contributed by atoms with E-state index in [1.807, 2.05) is 18.4 Å². The molecule has 0 aliphatic rings. The van der Waals surface area contributed by atoms with Crippen LogP contribution in [0.5, 0.6) is 0 Å². The van der Waals surface area contributed by atoms with Crippen LogP contribution in [0.15, 0.2) is 29.6 Å². The van der Waals surface area contributed by atoms with E-state index in [1.54, 1.807) is 23.5 Å². The molecule has 1 heterocycles. The fourth-order valence-corrected chi connectivity index (χ4v) is 2.70. The molecule has 0 aliphatic carbocycles. The molecule has 1 aromatic heterocycles. The number of thiophene rings is 1. The zero-order chi connectivity index (χ0) is 11.7. The maximum atomic E-state index is 13.7. The van der Waals surface area contributed by atoms with Crippen LogP contribution in [0, 0.1) is 12.7 Å². The molecule has 1 aromatic carbocycles. The summed E-state index contributed by atoms with van der Waals surface area (Å²) in [7, 11) is 0. The Morgan fingerprint density at radius 2 is 2.12 bits per heavy atom. The van der Waals surface area contributed by atoms with E-state index in [-0.39, 0.29) is 5.82 Å². The fourth-order valence-electron chi connectivity index (χ4n) is 1.60. The smallest absolute Gasteiger partial charge is 0.129 e. The molecule has 1 nitrogen and oxygen atoms in total. The van der Waals surface area contributed by atoms with Crippen LogP contribution in [-0.2, 0) is 0 Å². The normalized spacial score (nSPS) is 12.8. The van der Waals surface area contributed by atoms with Crippen LogP contribution in [0.25, 0.3) is 0 Å². The minimum absolute atomic E-state index is 0.354. The quantitative estimate of drug-likeness (QED) is 0.866. The van der Waals surface area contributed by atoms with Crippen LogP contribution in [-0.4, -0.2) is 0 Å². The first-order valence-electron chi connectivity index (χ1n) is 4.84. The molecule has 0 saturated heterocycles. The number of benzene rings is 1. The van der Waals surface area contributed by atoms with Gasteiger partial charge in [0, 0.05) is 15.5 Å². The molecule has 0 saturated carbocycles. The van der Waals surface area contributed by atoms with Crippen molar-refractivity contribution in [3.8, 4) is 0 Å². The molecule has 0 amide bonds. The van der Waals surface area contributed by atoms with Gasteiger partial charge in [-0.1, -0.05) is 17.7 Å². The van der Waals surface area contributed by atoms with Crippen LogP contribution in [0.1, 0.15) is 22.0 Å². The molecule has 2 rings (SSSR count). The first-order chi connectivity index (χ1) is 7.59. The van der Waals surface area contributed by atoms with E-state index in [0.29, 0.717) is 10.6 Å². The van der Waals surface area contributed by atoms with Gasteiger partial charge in [0.25, 0.3) is 0 Å².